The van der Waals surface area contributed by atoms with Crippen LogP contribution in [-0.2, 0) is 4.74 Å². The van der Waals surface area contributed by atoms with Gasteiger partial charge in [-0.05, 0) is 57.5 Å². The summed E-state index contributed by atoms with van der Waals surface area (Å²) in [5.74, 6) is 0.784. The zero-order valence-corrected chi connectivity index (χ0v) is 13.2. The van der Waals surface area contributed by atoms with Crippen molar-refractivity contribution in [3.05, 3.63) is 0 Å². The van der Waals surface area contributed by atoms with Crippen LogP contribution in [0, 0.1) is 5.92 Å². The van der Waals surface area contributed by atoms with E-state index in [-0.39, 0.29) is 0 Å². The van der Waals surface area contributed by atoms with Gasteiger partial charge in [-0.3, -0.25) is 0 Å². The summed E-state index contributed by atoms with van der Waals surface area (Å²) in [5, 5.41) is 7.71. The molecule has 2 aliphatic heterocycles. The standard InChI is InChI=1S/C17H31N3O/c1-2-15(17-12-21-11-8-18-17)16(3-1)19-13-6-9-20(10-7-13)14-4-5-14/h13-19H,1-12H2. The number of ether oxygens (including phenoxy) is 1. The molecule has 3 unspecified atom stereocenters. The van der Waals surface area contributed by atoms with Gasteiger partial charge in [0.05, 0.1) is 13.2 Å². The average molecular weight is 293 g/mol. The molecule has 2 saturated heterocycles. The van der Waals surface area contributed by atoms with Gasteiger partial charge < -0.3 is 20.3 Å². The summed E-state index contributed by atoms with van der Waals surface area (Å²) < 4.78 is 5.68. The predicted molar refractivity (Wildman–Crippen MR) is 84.5 cm³/mol. The minimum absolute atomic E-state index is 0.588. The van der Waals surface area contributed by atoms with Crippen molar-refractivity contribution in [2.24, 2.45) is 5.92 Å². The summed E-state index contributed by atoms with van der Waals surface area (Å²) in [7, 11) is 0. The van der Waals surface area contributed by atoms with Crippen LogP contribution in [-0.4, -0.2) is 61.9 Å². The summed E-state index contributed by atoms with van der Waals surface area (Å²) in [6.07, 6.45) is 9.75. The van der Waals surface area contributed by atoms with Crippen molar-refractivity contribution < 1.29 is 4.74 Å². The second-order valence-corrected chi connectivity index (χ2v) is 7.54. The third-order valence-corrected chi connectivity index (χ3v) is 6.08. The van der Waals surface area contributed by atoms with Crippen molar-refractivity contribution in [1.29, 1.82) is 0 Å². The van der Waals surface area contributed by atoms with Crippen molar-refractivity contribution >= 4 is 0 Å². The molecule has 4 fully saturated rings. The number of piperidine rings is 1. The summed E-state index contributed by atoms with van der Waals surface area (Å²) in [6, 6.07) is 3.02. The van der Waals surface area contributed by atoms with Gasteiger partial charge in [0.2, 0.25) is 0 Å². The molecule has 0 aromatic carbocycles. The van der Waals surface area contributed by atoms with Crippen LogP contribution < -0.4 is 10.6 Å². The molecule has 0 amide bonds. The predicted octanol–water partition coefficient (Wildman–Crippen LogP) is 1.36. The van der Waals surface area contributed by atoms with Gasteiger partial charge in [0.1, 0.15) is 0 Å². The van der Waals surface area contributed by atoms with E-state index in [0.29, 0.717) is 6.04 Å². The van der Waals surface area contributed by atoms with Crippen molar-refractivity contribution in [2.75, 3.05) is 32.8 Å². The third kappa shape index (κ3) is 3.44. The molecule has 2 heterocycles. The topological polar surface area (TPSA) is 36.5 Å². The molecule has 0 radical (unpaired) electrons. The Morgan fingerprint density at radius 2 is 1.86 bits per heavy atom. The molecule has 0 spiro atoms. The van der Waals surface area contributed by atoms with Crippen LogP contribution in [0.2, 0.25) is 0 Å². The molecule has 2 aliphatic carbocycles. The lowest BCUT2D eigenvalue weighted by Gasteiger charge is -2.37. The zero-order chi connectivity index (χ0) is 14.1. The summed E-state index contributed by atoms with van der Waals surface area (Å²) in [4.78, 5) is 2.72. The van der Waals surface area contributed by atoms with E-state index in [2.05, 4.69) is 15.5 Å². The van der Waals surface area contributed by atoms with Crippen LogP contribution in [0.1, 0.15) is 44.9 Å². The van der Waals surface area contributed by atoms with Crippen LogP contribution in [0.25, 0.3) is 0 Å². The normalized spacial score (nSPS) is 39.7. The maximum atomic E-state index is 5.68. The highest BCUT2D eigenvalue weighted by atomic mass is 16.5. The first-order valence-corrected chi connectivity index (χ1v) is 9.21. The molecule has 4 nitrogen and oxygen atoms in total. The molecule has 0 bridgehead atoms. The lowest BCUT2D eigenvalue weighted by Crippen LogP contribution is -2.54. The van der Waals surface area contributed by atoms with Crippen molar-refractivity contribution in [2.45, 2.75) is 69.1 Å². The first-order valence-electron chi connectivity index (χ1n) is 9.21. The maximum absolute atomic E-state index is 5.68. The van der Waals surface area contributed by atoms with Gasteiger partial charge in [0.15, 0.2) is 0 Å². The van der Waals surface area contributed by atoms with Gasteiger partial charge in [-0.1, -0.05) is 6.42 Å². The molecule has 2 saturated carbocycles. The summed E-state index contributed by atoms with van der Waals surface area (Å²) in [5.41, 5.74) is 0. The zero-order valence-electron chi connectivity index (χ0n) is 13.2. The van der Waals surface area contributed by atoms with Gasteiger partial charge in [-0.15, -0.1) is 0 Å². The Kier molecular flexibility index (Phi) is 4.49. The Morgan fingerprint density at radius 1 is 1.00 bits per heavy atom. The van der Waals surface area contributed by atoms with Gasteiger partial charge >= 0.3 is 0 Å². The maximum Gasteiger partial charge on any atom is 0.0623 e. The van der Waals surface area contributed by atoms with E-state index in [1.807, 2.05) is 0 Å². The number of nitrogens with zero attached hydrogens (tertiary/aromatic N) is 1. The number of nitrogens with one attached hydrogen (secondary N) is 2. The van der Waals surface area contributed by atoms with E-state index >= 15 is 0 Å². The smallest absolute Gasteiger partial charge is 0.0623 e. The van der Waals surface area contributed by atoms with Crippen LogP contribution in [0.15, 0.2) is 0 Å². The van der Waals surface area contributed by atoms with Gasteiger partial charge in [-0.25, -0.2) is 0 Å². The molecular formula is C17H31N3O. The fourth-order valence-corrected chi connectivity index (χ4v) is 4.71. The number of hydrogen-bond donors (Lipinski definition) is 2. The van der Waals surface area contributed by atoms with E-state index in [4.69, 9.17) is 4.74 Å². The Balaban J connectivity index is 1.27. The minimum Gasteiger partial charge on any atom is -0.379 e. The molecule has 4 aliphatic rings. The first-order chi connectivity index (χ1) is 10.4. The first kappa shape index (κ1) is 14.4. The van der Waals surface area contributed by atoms with Crippen LogP contribution >= 0.6 is 0 Å². The molecule has 0 aromatic heterocycles. The molecule has 21 heavy (non-hydrogen) atoms. The van der Waals surface area contributed by atoms with Gasteiger partial charge in [0, 0.05) is 30.7 Å². The fraction of sp³-hybridized carbons (Fsp3) is 1.00. The van der Waals surface area contributed by atoms with E-state index in [1.165, 1.54) is 58.0 Å². The number of rotatable bonds is 4. The summed E-state index contributed by atoms with van der Waals surface area (Å²) >= 11 is 0. The molecule has 3 atom stereocenters. The molecule has 4 rings (SSSR count). The molecule has 0 aromatic rings. The Bertz CT molecular complexity index is 333. The second-order valence-electron chi connectivity index (χ2n) is 7.54. The molecule has 4 heteroatoms. The monoisotopic (exact) mass is 293 g/mol. The van der Waals surface area contributed by atoms with Crippen LogP contribution in [0.4, 0.5) is 0 Å². The van der Waals surface area contributed by atoms with Crippen molar-refractivity contribution in [3.63, 3.8) is 0 Å². The number of likely N-dealkylation sites (tertiary alicyclic amines) is 1. The van der Waals surface area contributed by atoms with Gasteiger partial charge in [0.25, 0.3) is 0 Å². The minimum atomic E-state index is 0.588. The highest BCUT2D eigenvalue weighted by Gasteiger charge is 2.37. The lowest BCUT2D eigenvalue weighted by atomic mass is 9.92. The van der Waals surface area contributed by atoms with Gasteiger partial charge in [-0.2, -0.15) is 0 Å². The molecule has 120 valence electrons. The highest BCUT2D eigenvalue weighted by Crippen LogP contribution is 2.32. The fourth-order valence-electron chi connectivity index (χ4n) is 4.71. The largest absolute Gasteiger partial charge is 0.379 e. The number of hydrogen-bond acceptors (Lipinski definition) is 4. The molecular weight excluding hydrogens is 262 g/mol. The second kappa shape index (κ2) is 6.53. The quantitative estimate of drug-likeness (QED) is 0.821. The Labute approximate surface area is 129 Å². The average Bonchev–Trinajstić information content (AvgIpc) is 3.29. The van der Waals surface area contributed by atoms with E-state index < -0.39 is 0 Å². The highest BCUT2D eigenvalue weighted by molar-refractivity contribution is 4.95. The summed E-state index contributed by atoms with van der Waals surface area (Å²) in [6.45, 7) is 5.49. The van der Waals surface area contributed by atoms with E-state index in [1.54, 1.807) is 0 Å². The van der Waals surface area contributed by atoms with Crippen LogP contribution in [0.5, 0.6) is 0 Å². The SMILES string of the molecule is C1CC(NC2CCN(C3CC3)CC2)C(C2COCCN2)C1. The molecule has 2 N–H and O–H groups in total. The van der Waals surface area contributed by atoms with E-state index in [0.717, 1.165) is 43.8 Å². The Hall–Kier alpha value is -0.160. The number of morpholine rings is 1. The van der Waals surface area contributed by atoms with Crippen molar-refractivity contribution in [3.8, 4) is 0 Å². The van der Waals surface area contributed by atoms with Crippen molar-refractivity contribution in [1.82, 2.24) is 15.5 Å². The Morgan fingerprint density at radius 3 is 2.57 bits per heavy atom. The lowest BCUT2D eigenvalue weighted by molar-refractivity contribution is 0.0505. The third-order valence-electron chi connectivity index (χ3n) is 6.08. The van der Waals surface area contributed by atoms with E-state index in [9.17, 15) is 0 Å². The van der Waals surface area contributed by atoms with Crippen LogP contribution in [0.3, 0.4) is 0 Å².